The highest BCUT2D eigenvalue weighted by Crippen LogP contribution is 2.24. The number of hydrogen-bond donors (Lipinski definition) is 1. The lowest BCUT2D eigenvalue weighted by atomic mass is 10.1. The summed E-state index contributed by atoms with van der Waals surface area (Å²) >= 11 is 3.44. The lowest BCUT2D eigenvalue weighted by molar-refractivity contribution is -0.119. The van der Waals surface area contributed by atoms with Gasteiger partial charge in [0, 0.05) is 16.7 Å². The zero-order chi connectivity index (χ0) is 16.4. The molecular weight excluding hydrogens is 360 g/mol. The van der Waals surface area contributed by atoms with Crippen LogP contribution < -0.4 is 5.32 Å². The summed E-state index contributed by atoms with van der Waals surface area (Å²) in [5.41, 5.74) is 1.77. The van der Waals surface area contributed by atoms with Crippen molar-refractivity contribution in [1.29, 1.82) is 0 Å². The van der Waals surface area contributed by atoms with E-state index >= 15 is 0 Å². The number of nitrogens with zero attached hydrogens (tertiary/aromatic N) is 1. The Morgan fingerprint density at radius 2 is 2.17 bits per heavy atom. The van der Waals surface area contributed by atoms with Crippen LogP contribution in [0, 0.1) is 6.92 Å². The third-order valence-corrected chi connectivity index (χ3v) is 4.86. The SMILES string of the molecule is Cc1cc(NC(=O)[C@@H]2CCCN2C(=O)c2ccco2)ccc1Br. The Kier molecular flexibility index (Phi) is 4.52. The summed E-state index contributed by atoms with van der Waals surface area (Å²) in [5.74, 6) is -0.132. The third-order valence-electron chi connectivity index (χ3n) is 3.97. The Morgan fingerprint density at radius 3 is 2.87 bits per heavy atom. The van der Waals surface area contributed by atoms with Crippen LogP contribution in [0.5, 0.6) is 0 Å². The van der Waals surface area contributed by atoms with Crippen molar-refractivity contribution in [2.75, 3.05) is 11.9 Å². The molecule has 120 valence electrons. The van der Waals surface area contributed by atoms with Gasteiger partial charge in [0.25, 0.3) is 5.91 Å². The van der Waals surface area contributed by atoms with Gasteiger partial charge in [-0.1, -0.05) is 15.9 Å². The highest BCUT2D eigenvalue weighted by atomic mass is 79.9. The molecule has 1 atom stereocenters. The van der Waals surface area contributed by atoms with Gasteiger partial charge >= 0.3 is 0 Å². The molecule has 1 aliphatic heterocycles. The molecule has 2 aromatic rings. The predicted molar refractivity (Wildman–Crippen MR) is 90.3 cm³/mol. The summed E-state index contributed by atoms with van der Waals surface area (Å²) in [6.07, 6.45) is 2.93. The van der Waals surface area contributed by atoms with E-state index in [9.17, 15) is 9.59 Å². The van der Waals surface area contributed by atoms with E-state index in [0.29, 0.717) is 13.0 Å². The maximum absolute atomic E-state index is 12.5. The van der Waals surface area contributed by atoms with Crippen LogP contribution in [-0.2, 0) is 4.79 Å². The van der Waals surface area contributed by atoms with Crippen LogP contribution in [-0.4, -0.2) is 29.3 Å². The molecule has 1 saturated heterocycles. The first-order valence-corrected chi connectivity index (χ1v) is 8.27. The number of rotatable bonds is 3. The molecule has 1 aromatic carbocycles. The molecule has 1 fully saturated rings. The van der Waals surface area contributed by atoms with Crippen LogP contribution in [0.3, 0.4) is 0 Å². The fraction of sp³-hybridized carbons (Fsp3) is 0.294. The van der Waals surface area contributed by atoms with Gasteiger partial charge < -0.3 is 14.6 Å². The Balaban J connectivity index is 1.73. The number of likely N-dealkylation sites (tertiary alicyclic amines) is 1. The van der Waals surface area contributed by atoms with E-state index in [1.165, 1.54) is 6.26 Å². The molecule has 0 unspecified atom stereocenters. The Morgan fingerprint density at radius 1 is 1.35 bits per heavy atom. The fourth-order valence-electron chi connectivity index (χ4n) is 2.77. The second kappa shape index (κ2) is 6.58. The highest BCUT2D eigenvalue weighted by Gasteiger charge is 2.35. The molecule has 0 bridgehead atoms. The van der Waals surface area contributed by atoms with E-state index in [4.69, 9.17) is 4.42 Å². The van der Waals surface area contributed by atoms with Gasteiger partial charge in [-0.2, -0.15) is 0 Å². The van der Waals surface area contributed by atoms with E-state index in [1.807, 2.05) is 25.1 Å². The van der Waals surface area contributed by atoms with Gasteiger partial charge in [-0.15, -0.1) is 0 Å². The largest absolute Gasteiger partial charge is 0.459 e. The summed E-state index contributed by atoms with van der Waals surface area (Å²) in [4.78, 5) is 26.6. The fourth-order valence-corrected chi connectivity index (χ4v) is 3.02. The molecular formula is C17H17BrN2O3. The second-order valence-electron chi connectivity index (χ2n) is 5.59. The standard InChI is InChI=1S/C17H17BrN2O3/c1-11-10-12(6-7-13(11)18)19-16(21)14-4-2-8-20(14)17(22)15-5-3-9-23-15/h3,5-7,9-10,14H,2,4,8H2,1H3,(H,19,21)/t14-/m0/s1. The third kappa shape index (κ3) is 3.32. The average Bonchev–Trinajstić information content (AvgIpc) is 3.21. The first kappa shape index (κ1) is 15.8. The van der Waals surface area contributed by atoms with E-state index < -0.39 is 6.04 Å². The van der Waals surface area contributed by atoms with Crippen LogP contribution >= 0.6 is 15.9 Å². The topological polar surface area (TPSA) is 62.6 Å². The number of carbonyl (C=O) groups excluding carboxylic acids is 2. The Labute approximate surface area is 142 Å². The predicted octanol–water partition coefficient (Wildman–Crippen LogP) is 3.59. The molecule has 0 radical (unpaired) electrons. The minimum atomic E-state index is -0.462. The van der Waals surface area contributed by atoms with Crippen LogP contribution in [0.4, 0.5) is 5.69 Å². The normalized spacial score (nSPS) is 17.3. The number of carbonyl (C=O) groups is 2. The molecule has 5 nitrogen and oxygen atoms in total. The first-order valence-electron chi connectivity index (χ1n) is 7.48. The van der Waals surface area contributed by atoms with Crippen molar-refractivity contribution in [2.24, 2.45) is 0 Å². The van der Waals surface area contributed by atoms with Gasteiger partial charge in [0.1, 0.15) is 6.04 Å². The number of furan rings is 1. The first-order chi connectivity index (χ1) is 11.1. The number of halogens is 1. The van der Waals surface area contributed by atoms with E-state index in [-0.39, 0.29) is 17.6 Å². The van der Waals surface area contributed by atoms with Gasteiger partial charge in [-0.05, 0) is 55.7 Å². The van der Waals surface area contributed by atoms with E-state index in [1.54, 1.807) is 17.0 Å². The van der Waals surface area contributed by atoms with Crippen molar-refractivity contribution >= 4 is 33.4 Å². The van der Waals surface area contributed by atoms with Crippen molar-refractivity contribution in [1.82, 2.24) is 4.90 Å². The smallest absolute Gasteiger partial charge is 0.290 e. The van der Waals surface area contributed by atoms with Crippen molar-refractivity contribution in [2.45, 2.75) is 25.8 Å². The monoisotopic (exact) mass is 376 g/mol. The van der Waals surface area contributed by atoms with Gasteiger partial charge in [0.2, 0.25) is 5.91 Å². The molecule has 1 aliphatic rings. The van der Waals surface area contributed by atoms with Crippen molar-refractivity contribution < 1.29 is 14.0 Å². The van der Waals surface area contributed by atoms with Gasteiger partial charge in [-0.3, -0.25) is 9.59 Å². The molecule has 2 heterocycles. The minimum absolute atomic E-state index is 0.163. The lowest BCUT2D eigenvalue weighted by Gasteiger charge is -2.23. The number of aryl methyl sites for hydroxylation is 1. The lowest BCUT2D eigenvalue weighted by Crippen LogP contribution is -2.43. The quantitative estimate of drug-likeness (QED) is 0.889. The maximum Gasteiger partial charge on any atom is 0.290 e. The Bertz CT molecular complexity index is 727. The van der Waals surface area contributed by atoms with Crippen LogP contribution in [0.15, 0.2) is 45.5 Å². The summed E-state index contributed by atoms with van der Waals surface area (Å²) < 4.78 is 6.15. The van der Waals surface area contributed by atoms with E-state index in [0.717, 1.165) is 22.1 Å². The summed E-state index contributed by atoms with van der Waals surface area (Å²) in [7, 11) is 0. The highest BCUT2D eigenvalue weighted by molar-refractivity contribution is 9.10. The van der Waals surface area contributed by atoms with Crippen LogP contribution in [0.1, 0.15) is 29.0 Å². The maximum atomic E-state index is 12.5. The van der Waals surface area contributed by atoms with Crippen molar-refractivity contribution in [3.63, 3.8) is 0 Å². The number of amides is 2. The molecule has 2 amide bonds. The van der Waals surface area contributed by atoms with Gasteiger partial charge in [0.05, 0.1) is 6.26 Å². The molecule has 1 N–H and O–H groups in total. The molecule has 1 aromatic heterocycles. The molecule has 0 aliphatic carbocycles. The number of benzene rings is 1. The summed E-state index contributed by atoms with van der Waals surface area (Å²) in [6.45, 7) is 2.53. The zero-order valence-electron chi connectivity index (χ0n) is 12.7. The minimum Gasteiger partial charge on any atom is -0.459 e. The molecule has 6 heteroatoms. The zero-order valence-corrected chi connectivity index (χ0v) is 14.3. The van der Waals surface area contributed by atoms with Crippen LogP contribution in [0.2, 0.25) is 0 Å². The van der Waals surface area contributed by atoms with E-state index in [2.05, 4.69) is 21.2 Å². The summed E-state index contributed by atoms with van der Waals surface area (Å²) in [6, 6.07) is 8.46. The van der Waals surface area contributed by atoms with Crippen molar-refractivity contribution in [3.8, 4) is 0 Å². The van der Waals surface area contributed by atoms with Crippen LogP contribution in [0.25, 0.3) is 0 Å². The molecule has 0 saturated carbocycles. The number of nitrogens with one attached hydrogen (secondary N) is 1. The second-order valence-corrected chi connectivity index (χ2v) is 6.44. The number of anilines is 1. The van der Waals surface area contributed by atoms with Crippen molar-refractivity contribution in [3.05, 3.63) is 52.4 Å². The Hall–Kier alpha value is -2.08. The number of hydrogen-bond acceptors (Lipinski definition) is 3. The molecule has 0 spiro atoms. The molecule has 3 rings (SSSR count). The van der Waals surface area contributed by atoms with Gasteiger partial charge in [-0.25, -0.2) is 0 Å². The van der Waals surface area contributed by atoms with Gasteiger partial charge in [0.15, 0.2) is 5.76 Å². The summed E-state index contributed by atoms with van der Waals surface area (Å²) in [5, 5.41) is 2.90. The average molecular weight is 377 g/mol. The molecule has 23 heavy (non-hydrogen) atoms.